The van der Waals surface area contributed by atoms with Gasteiger partial charge in [0.05, 0.1) is 20.3 Å². The number of rotatable bonds is 4. The van der Waals surface area contributed by atoms with Crippen LogP contribution in [0, 0.1) is 5.82 Å². The summed E-state index contributed by atoms with van der Waals surface area (Å²) < 4.78 is 23.6. The normalized spacial score (nSPS) is 16.6. The predicted octanol–water partition coefficient (Wildman–Crippen LogP) is 4.21. The molecule has 1 saturated heterocycles. The maximum absolute atomic E-state index is 13.1. The van der Waals surface area contributed by atoms with Gasteiger partial charge in [-0.25, -0.2) is 9.18 Å². The highest BCUT2D eigenvalue weighted by atomic mass is 19.1. The van der Waals surface area contributed by atoms with E-state index in [4.69, 9.17) is 9.47 Å². The first-order valence-corrected chi connectivity index (χ1v) is 8.17. The Morgan fingerprint density at radius 1 is 1.12 bits per heavy atom. The number of amides is 2. The van der Waals surface area contributed by atoms with Crippen molar-refractivity contribution in [1.82, 2.24) is 4.90 Å². The smallest absolute Gasteiger partial charge is 0.322 e. The molecule has 6 heteroatoms. The topological polar surface area (TPSA) is 50.8 Å². The Bertz CT molecular complexity index is 749. The molecule has 132 valence electrons. The number of ether oxygens (including phenoxy) is 2. The van der Waals surface area contributed by atoms with Crippen LogP contribution in [0.5, 0.6) is 11.5 Å². The molecule has 1 aliphatic heterocycles. The number of nitrogens with one attached hydrogen (secondary N) is 1. The number of hydrogen-bond acceptors (Lipinski definition) is 3. The van der Waals surface area contributed by atoms with Crippen LogP contribution in [0.2, 0.25) is 0 Å². The minimum atomic E-state index is -0.275. The molecule has 0 radical (unpaired) electrons. The molecule has 0 saturated carbocycles. The number of methoxy groups -OCH3 is 2. The van der Waals surface area contributed by atoms with Crippen molar-refractivity contribution in [3.63, 3.8) is 0 Å². The van der Waals surface area contributed by atoms with Crippen LogP contribution in [0.4, 0.5) is 14.9 Å². The average molecular weight is 344 g/mol. The Balaban J connectivity index is 1.75. The third-order valence-corrected chi connectivity index (χ3v) is 4.40. The highest BCUT2D eigenvalue weighted by Crippen LogP contribution is 2.34. The second-order valence-electron chi connectivity index (χ2n) is 5.90. The van der Waals surface area contributed by atoms with Crippen LogP contribution in [0.1, 0.15) is 24.4 Å². The van der Waals surface area contributed by atoms with E-state index in [1.54, 1.807) is 49.5 Å². The number of carbonyl (C=O) groups is 1. The van der Waals surface area contributed by atoms with Crippen molar-refractivity contribution in [3.8, 4) is 11.5 Å². The quantitative estimate of drug-likeness (QED) is 0.904. The molecule has 0 aliphatic carbocycles. The Kier molecular flexibility index (Phi) is 5.07. The number of urea groups is 1. The minimum absolute atomic E-state index is 0.0410. The predicted molar refractivity (Wildman–Crippen MR) is 93.6 cm³/mol. The Labute approximate surface area is 146 Å². The van der Waals surface area contributed by atoms with E-state index in [1.807, 2.05) is 0 Å². The Morgan fingerprint density at radius 3 is 2.52 bits per heavy atom. The van der Waals surface area contributed by atoms with E-state index < -0.39 is 0 Å². The summed E-state index contributed by atoms with van der Waals surface area (Å²) in [6.07, 6.45) is 1.78. The van der Waals surface area contributed by atoms with E-state index in [0.717, 1.165) is 18.4 Å². The molecule has 2 amide bonds. The maximum atomic E-state index is 13.1. The van der Waals surface area contributed by atoms with Crippen LogP contribution >= 0.6 is 0 Å². The molecule has 5 nitrogen and oxygen atoms in total. The van der Waals surface area contributed by atoms with Crippen LogP contribution in [0.3, 0.4) is 0 Å². The minimum Gasteiger partial charge on any atom is -0.493 e. The molecule has 1 fully saturated rings. The zero-order valence-corrected chi connectivity index (χ0v) is 14.3. The maximum Gasteiger partial charge on any atom is 0.322 e. The Hall–Kier alpha value is -2.76. The van der Waals surface area contributed by atoms with E-state index in [9.17, 15) is 9.18 Å². The van der Waals surface area contributed by atoms with Gasteiger partial charge in [-0.05, 0) is 42.7 Å². The molecule has 2 aromatic carbocycles. The van der Waals surface area contributed by atoms with Crippen molar-refractivity contribution in [1.29, 1.82) is 0 Å². The van der Waals surface area contributed by atoms with Crippen molar-refractivity contribution in [2.45, 2.75) is 18.9 Å². The van der Waals surface area contributed by atoms with Gasteiger partial charge in [0.25, 0.3) is 0 Å². The third-order valence-electron chi connectivity index (χ3n) is 4.40. The van der Waals surface area contributed by atoms with Gasteiger partial charge in [-0.1, -0.05) is 12.1 Å². The van der Waals surface area contributed by atoms with Gasteiger partial charge in [0.15, 0.2) is 11.5 Å². The summed E-state index contributed by atoms with van der Waals surface area (Å²) >= 11 is 0. The van der Waals surface area contributed by atoms with Gasteiger partial charge in [0, 0.05) is 18.3 Å². The van der Waals surface area contributed by atoms with Crippen molar-refractivity contribution in [2.75, 3.05) is 26.1 Å². The lowest BCUT2D eigenvalue weighted by Gasteiger charge is -2.25. The van der Waals surface area contributed by atoms with Crippen molar-refractivity contribution < 1.29 is 18.7 Å². The van der Waals surface area contributed by atoms with Crippen LogP contribution < -0.4 is 14.8 Å². The van der Waals surface area contributed by atoms with Crippen LogP contribution in [0.15, 0.2) is 42.5 Å². The third kappa shape index (κ3) is 3.68. The largest absolute Gasteiger partial charge is 0.493 e. The average Bonchev–Trinajstić information content (AvgIpc) is 3.12. The van der Waals surface area contributed by atoms with Crippen molar-refractivity contribution in [3.05, 3.63) is 53.8 Å². The van der Waals surface area contributed by atoms with Crippen molar-refractivity contribution >= 4 is 11.7 Å². The molecule has 0 aromatic heterocycles. The van der Waals surface area contributed by atoms with E-state index in [2.05, 4.69) is 5.32 Å². The van der Waals surface area contributed by atoms with Gasteiger partial charge in [0.1, 0.15) is 5.82 Å². The monoisotopic (exact) mass is 344 g/mol. The standard InChI is InChI=1S/C19H21FN2O3/c1-24-17-10-9-15(12-18(17)25-2)21-19(23)22-11-3-4-16(22)13-5-7-14(20)8-6-13/h5-10,12,16H,3-4,11H2,1-2H3,(H,21,23). The van der Waals surface area contributed by atoms with Crippen molar-refractivity contribution in [2.24, 2.45) is 0 Å². The van der Waals surface area contributed by atoms with E-state index in [0.29, 0.717) is 23.7 Å². The molecule has 0 bridgehead atoms. The summed E-state index contributed by atoms with van der Waals surface area (Å²) in [6.45, 7) is 0.668. The Morgan fingerprint density at radius 2 is 1.84 bits per heavy atom. The molecule has 0 spiro atoms. The first kappa shape index (κ1) is 17.1. The number of anilines is 1. The second-order valence-corrected chi connectivity index (χ2v) is 5.90. The number of nitrogens with zero attached hydrogens (tertiary/aromatic N) is 1. The van der Waals surface area contributed by atoms with E-state index in [-0.39, 0.29) is 17.9 Å². The van der Waals surface area contributed by atoms with Gasteiger partial charge < -0.3 is 19.7 Å². The molecule has 3 rings (SSSR count). The highest BCUT2D eigenvalue weighted by molar-refractivity contribution is 5.90. The molecule has 25 heavy (non-hydrogen) atoms. The van der Waals surface area contributed by atoms with Gasteiger partial charge in [0.2, 0.25) is 0 Å². The number of halogens is 1. The summed E-state index contributed by atoms with van der Waals surface area (Å²) in [5.74, 6) is 0.880. The number of likely N-dealkylation sites (tertiary alicyclic amines) is 1. The molecule has 1 heterocycles. The second kappa shape index (κ2) is 7.42. The molecular weight excluding hydrogens is 323 g/mol. The van der Waals surface area contributed by atoms with E-state index in [1.165, 1.54) is 12.1 Å². The van der Waals surface area contributed by atoms with Gasteiger partial charge in [-0.15, -0.1) is 0 Å². The van der Waals surface area contributed by atoms with Crippen LogP contribution in [-0.4, -0.2) is 31.7 Å². The molecular formula is C19H21FN2O3. The molecule has 1 aliphatic rings. The van der Waals surface area contributed by atoms with Crippen LogP contribution in [-0.2, 0) is 0 Å². The first-order valence-electron chi connectivity index (χ1n) is 8.17. The summed E-state index contributed by atoms with van der Waals surface area (Å²) in [5, 5.41) is 2.90. The van der Waals surface area contributed by atoms with Gasteiger partial charge in [-0.3, -0.25) is 0 Å². The fourth-order valence-electron chi connectivity index (χ4n) is 3.15. The van der Waals surface area contributed by atoms with E-state index >= 15 is 0 Å². The van der Waals surface area contributed by atoms with Gasteiger partial charge in [-0.2, -0.15) is 0 Å². The van der Waals surface area contributed by atoms with Gasteiger partial charge >= 0.3 is 6.03 Å². The highest BCUT2D eigenvalue weighted by Gasteiger charge is 2.30. The molecule has 1 N–H and O–H groups in total. The lowest BCUT2D eigenvalue weighted by molar-refractivity contribution is 0.207. The SMILES string of the molecule is COc1ccc(NC(=O)N2CCCC2c2ccc(F)cc2)cc1OC. The zero-order chi connectivity index (χ0) is 17.8. The fourth-order valence-corrected chi connectivity index (χ4v) is 3.15. The first-order chi connectivity index (χ1) is 12.1. The summed E-state index contributed by atoms with van der Waals surface area (Å²) in [5.41, 5.74) is 1.58. The molecule has 2 aromatic rings. The zero-order valence-electron chi connectivity index (χ0n) is 14.3. The molecule has 1 unspecified atom stereocenters. The van der Waals surface area contributed by atoms with Crippen LogP contribution in [0.25, 0.3) is 0 Å². The lowest BCUT2D eigenvalue weighted by atomic mass is 10.0. The summed E-state index contributed by atoms with van der Waals surface area (Å²) in [7, 11) is 3.11. The number of benzene rings is 2. The summed E-state index contributed by atoms with van der Waals surface area (Å²) in [6, 6.07) is 11.3. The summed E-state index contributed by atoms with van der Waals surface area (Å²) in [4.78, 5) is 14.5. The number of hydrogen-bond donors (Lipinski definition) is 1. The number of carbonyl (C=O) groups excluding carboxylic acids is 1. The molecule has 1 atom stereocenters. The fraction of sp³-hybridized carbons (Fsp3) is 0.316. The lowest BCUT2D eigenvalue weighted by Crippen LogP contribution is -2.34.